The summed E-state index contributed by atoms with van der Waals surface area (Å²) in [6, 6.07) is 4.25. The topological polar surface area (TPSA) is 34.4 Å². The third kappa shape index (κ3) is 1.47. The lowest BCUT2D eigenvalue weighted by Gasteiger charge is -2.25. The predicted molar refractivity (Wildman–Crippen MR) is 70.3 cm³/mol. The molecule has 4 rings (SSSR count). The van der Waals surface area contributed by atoms with Crippen molar-refractivity contribution < 1.29 is 9.15 Å². The van der Waals surface area contributed by atoms with Gasteiger partial charge in [-0.05, 0) is 44.0 Å². The van der Waals surface area contributed by atoms with Gasteiger partial charge < -0.3 is 14.5 Å². The van der Waals surface area contributed by atoms with Gasteiger partial charge in [-0.15, -0.1) is 0 Å². The summed E-state index contributed by atoms with van der Waals surface area (Å²) in [5.41, 5.74) is 3.74. The molecule has 3 heterocycles. The highest BCUT2D eigenvalue weighted by Crippen LogP contribution is 2.43. The van der Waals surface area contributed by atoms with Crippen LogP contribution >= 0.6 is 0 Å². The summed E-state index contributed by atoms with van der Waals surface area (Å²) in [6.07, 6.45) is 5.20. The molecule has 94 valence electrons. The third-order valence-corrected chi connectivity index (χ3v) is 4.19. The Morgan fingerprint density at radius 2 is 2.11 bits per heavy atom. The molecule has 0 bridgehead atoms. The molecule has 1 aromatic heterocycles. The van der Waals surface area contributed by atoms with Gasteiger partial charge in [-0.1, -0.05) is 0 Å². The Hall–Kier alpha value is -1.48. The molecule has 1 saturated heterocycles. The maximum absolute atomic E-state index is 5.90. The minimum absolute atomic E-state index is 0.611. The highest BCUT2D eigenvalue weighted by molar-refractivity contribution is 5.86. The van der Waals surface area contributed by atoms with Crippen LogP contribution in [0.25, 0.3) is 11.0 Å². The molecular formula is C15H17NO2. The fraction of sp³-hybridized carbons (Fsp3) is 0.467. The summed E-state index contributed by atoms with van der Waals surface area (Å²) in [5, 5.41) is 4.68. The summed E-state index contributed by atoms with van der Waals surface area (Å²) in [7, 11) is 0. The van der Waals surface area contributed by atoms with Crippen molar-refractivity contribution >= 4 is 11.0 Å². The lowest BCUT2D eigenvalue weighted by molar-refractivity contribution is 0.347. The largest absolute Gasteiger partial charge is 0.493 e. The quantitative estimate of drug-likeness (QED) is 0.836. The van der Waals surface area contributed by atoms with E-state index in [0.29, 0.717) is 5.92 Å². The van der Waals surface area contributed by atoms with Crippen molar-refractivity contribution in [2.45, 2.75) is 25.2 Å². The highest BCUT2D eigenvalue weighted by Gasteiger charge is 2.27. The van der Waals surface area contributed by atoms with Crippen molar-refractivity contribution in [2.24, 2.45) is 0 Å². The Balaban J connectivity index is 1.93. The first kappa shape index (κ1) is 10.4. The number of hydrogen-bond acceptors (Lipinski definition) is 3. The van der Waals surface area contributed by atoms with Gasteiger partial charge in [0.2, 0.25) is 0 Å². The minimum atomic E-state index is 0.611. The number of fused-ring (bicyclic) bond motifs is 2. The van der Waals surface area contributed by atoms with Crippen molar-refractivity contribution in [3.05, 3.63) is 29.5 Å². The Labute approximate surface area is 106 Å². The zero-order chi connectivity index (χ0) is 11.9. The van der Waals surface area contributed by atoms with Crippen LogP contribution < -0.4 is 10.1 Å². The number of ether oxygens (including phenoxy) is 1. The molecule has 2 aliphatic heterocycles. The molecule has 0 amide bonds. The van der Waals surface area contributed by atoms with Crippen molar-refractivity contribution in [3.8, 4) is 5.75 Å². The maximum Gasteiger partial charge on any atom is 0.134 e. The number of rotatable bonds is 1. The summed E-state index contributed by atoms with van der Waals surface area (Å²) in [4.78, 5) is 0. The Morgan fingerprint density at radius 1 is 1.22 bits per heavy atom. The van der Waals surface area contributed by atoms with Gasteiger partial charge in [0.1, 0.15) is 11.3 Å². The van der Waals surface area contributed by atoms with E-state index < -0.39 is 0 Å². The zero-order valence-electron chi connectivity index (χ0n) is 10.4. The lowest BCUT2D eigenvalue weighted by Crippen LogP contribution is -2.26. The monoisotopic (exact) mass is 243 g/mol. The average molecular weight is 243 g/mol. The van der Waals surface area contributed by atoms with Crippen LogP contribution in [-0.2, 0) is 6.42 Å². The van der Waals surface area contributed by atoms with Crippen molar-refractivity contribution in [1.82, 2.24) is 5.32 Å². The fourth-order valence-electron chi connectivity index (χ4n) is 3.31. The van der Waals surface area contributed by atoms with Gasteiger partial charge in [0.05, 0.1) is 12.9 Å². The Morgan fingerprint density at radius 3 is 3.00 bits per heavy atom. The summed E-state index contributed by atoms with van der Waals surface area (Å²) in [6.45, 7) is 3.03. The van der Waals surface area contributed by atoms with Gasteiger partial charge in [0.25, 0.3) is 0 Å². The van der Waals surface area contributed by atoms with E-state index in [1.54, 1.807) is 6.26 Å². The molecule has 0 saturated carbocycles. The fourth-order valence-corrected chi connectivity index (χ4v) is 3.31. The van der Waals surface area contributed by atoms with Crippen LogP contribution in [0.2, 0.25) is 0 Å². The molecule has 0 atom stereocenters. The maximum atomic E-state index is 5.90. The van der Waals surface area contributed by atoms with Gasteiger partial charge in [0, 0.05) is 22.9 Å². The molecule has 18 heavy (non-hydrogen) atoms. The van der Waals surface area contributed by atoms with Crippen LogP contribution in [0.1, 0.15) is 29.9 Å². The predicted octanol–water partition coefficient (Wildman–Crippen LogP) is 2.83. The van der Waals surface area contributed by atoms with Gasteiger partial charge in [0.15, 0.2) is 0 Å². The minimum Gasteiger partial charge on any atom is -0.493 e. The van der Waals surface area contributed by atoms with Crippen molar-refractivity contribution in [1.29, 1.82) is 0 Å². The molecule has 2 aliphatic rings. The van der Waals surface area contributed by atoms with Crippen LogP contribution in [0.3, 0.4) is 0 Å². The normalized spacial score (nSPS) is 20.0. The number of furan rings is 1. The first-order chi connectivity index (χ1) is 8.93. The standard InChI is InChI=1S/C15H17NO2/c1-5-16-6-2-10(1)14-12-4-8-17-13(12)9-11-3-7-18-15(11)14/h4,8-10,16H,1-3,5-7H2. The van der Waals surface area contributed by atoms with Gasteiger partial charge in [-0.2, -0.15) is 0 Å². The SMILES string of the molecule is c1cc2c(C3CCNCC3)c3c(cc2o1)CCO3. The number of benzene rings is 1. The van der Waals surface area contributed by atoms with E-state index >= 15 is 0 Å². The average Bonchev–Trinajstić information content (AvgIpc) is 3.04. The molecule has 1 aromatic carbocycles. The summed E-state index contributed by atoms with van der Waals surface area (Å²) < 4.78 is 11.5. The first-order valence-corrected chi connectivity index (χ1v) is 6.80. The molecule has 0 aliphatic carbocycles. The van der Waals surface area contributed by atoms with Crippen LogP contribution in [-0.4, -0.2) is 19.7 Å². The van der Waals surface area contributed by atoms with E-state index in [-0.39, 0.29) is 0 Å². The van der Waals surface area contributed by atoms with E-state index in [4.69, 9.17) is 9.15 Å². The molecule has 0 radical (unpaired) electrons. The molecular weight excluding hydrogens is 226 g/mol. The summed E-state index contributed by atoms with van der Waals surface area (Å²) in [5.74, 6) is 1.76. The van der Waals surface area contributed by atoms with E-state index in [2.05, 4.69) is 17.4 Å². The number of piperidine rings is 1. The molecule has 0 spiro atoms. The molecule has 3 nitrogen and oxygen atoms in total. The lowest BCUT2D eigenvalue weighted by atomic mass is 9.86. The van der Waals surface area contributed by atoms with Crippen LogP contribution in [0, 0.1) is 0 Å². The van der Waals surface area contributed by atoms with Crippen LogP contribution in [0.15, 0.2) is 22.8 Å². The first-order valence-electron chi connectivity index (χ1n) is 6.80. The second kappa shape index (κ2) is 4.02. The number of nitrogens with one attached hydrogen (secondary N) is 1. The van der Waals surface area contributed by atoms with Crippen LogP contribution in [0.4, 0.5) is 0 Å². The van der Waals surface area contributed by atoms with E-state index in [1.807, 2.05) is 0 Å². The Bertz CT molecular complexity index is 581. The van der Waals surface area contributed by atoms with E-state index in [9.17, 15) is 0 Å². The van der Waals surface area contributed by atoms with Gasteiger partial charge in [-0.25, -0.2) is 0 Å². The van der Waals surface area contributed by atoms with Gasteiger partial charge in [-0.3, -0.25) is 0 Å². The molecule has 1 fully saturated rings. The Kier molecular flexibility index (Phi) is 2.33. The van der Waals surface area contributed by atoms with E-state index in [0.717, 1.165) is 37.4 Å². The molecule has 0 unspecified atom stereocenters. The van der Waals surface area contributed by atoms with Gasteiger partial charge >= 0.3 is 0 Å². The molecule has 1 N–H and O–H groups in total. The second-order valence-corrected chi connectivity index (χ2v) is 5.23. The second-order valence-electron chi connectivity index (χ2n) is 5.23. The third-order valence-electron chi connectivity index (χ3n) is 4.19. The summed E-state index contributed by atoms with van der Waals surface area (Å²) >= 11 is 0. The molecule has 2 aromatic rings. The zero-order valence-corrected chi connectivity index (χ0v) is 10.4. The van der Waals surface area contributed by atoms with E-state index in [1.165, 1.54) is 29.4 Å². The van der Waals surface area contributed by atoms with Crippen molar-refractivity contribution in [3.63, 3.8) is 0 Å². The molecule has 3 heteroatoms. The number of hydrogen-bond donors (Lipinski definition) is 1. The smallest absolute Gasteiger partial charge is 0.134 e. The van der Waals surface area contributed by atoms with Crippen molar-refractivity contribution in [2.75, 3.05) is 19.7 Å². The highest BCUT2D eigenvalue weighted by atomic mass is 16.5. The van der Waals surface area contributed by atoms with Crippen LogP contribution in [0.5, 0.6) is 5.75 Å².